The van der Waals surface area contributed by atoms with Crippen LogP contribution in [0.15, 0.2) is 29.1 Å². The first-order valence-electron chi connectivity index (χ1n) is 11.6. The Hall–Kier alpha value is -3.16. The van der Waals surface area contributed by atoms with Crippen molar-refractivity contribution in [1.82, 2.24) is 25.0 Å². The minimum absolute atomic E-state index is 0.00887. The maximum Gasteiger partial charge on any atom is 0.257 e. The number of likely N-dealkylation sites (tertiary alicyclic amines) is 1. The summed E-state index contributed by atoms with van der Waals surface area (Å²) in [6, 6.07) is 3.59. The molecule has 0 aliphatic carbocycles. The van der Waals surface area contributed by atoms with Crippen molar-refractivity contribution in [3.63, 3.8) is 0 Å². The number of amides is 2. The number of fused-ring (bicyclic) bond motifs is 1. The second kappa shape index (κ2) is 8.65. The Labute approximate surface area is 194 Å². The van der Waals surface area contributed by atoms with Crippen molar-refractivity contribution in [2.75, 3.05) is 13.1 Å². The molecule has 0 spiro atoms. The third-order valence-electron chi connectivity index (χ3n) is 6.19. The Balaban J connectivity index is 1.56. The fourth-order valence-electron chi connectivity index (χ4n) is 4.31. The molecule has 8 nitrogen and oxygen atoms in total. The van der Waals surface area contributed by atoms with Crippen LogP contribution in [0.4, 0.5) is 0 Å². The Morgan fingerprint density at radius 2 is 1.91 bits per heavy atom. The number of aromatic nitrogens is 3. The lowest BCUT2D eigenvalue weighted by molar-refractivity contribution is 0.0697. The lowest BCUT2D eigenvalue weighted by Crippen LogP contribution is -2.46. The van der Waals surface area contributed by atoms with Crippen LogP contribution in [0.25, 0.3) is 11.0 Å². The first-order valence-corrected chi connectivity index (χ1v) is 11.6. The molecule has 3 aromatic rings. The lowest BCUT2D eigenvalue weighted by Gasteiger charge is -2.32. The number of nitrogens with zero attached hydrogens (tertiary/aromatic N) is 4. The first-order chi connectivity index (χ1) is 15.6. The number of furan rings is 1. The van der Waals surface area contributed by atoms with Gasteiger partial charge in [0, 0.05) is 24.8 Å². The maximum absolute atomic E-state index is 13.4. The third kappa shape index (κ3) is 4.51. The van der Waals surface area contributed by atoms with Crippen LogP contribution in [0.2, 0.25) is 0 Å². The van der Waals surface area contributed by atoms with Gasteiger partial charge in [-0.05, 0) is 58.6 Å². The summed E-state index contributed by atoms with van der Waals surface area (Å²) in [7, 11) is 0. The van der Waals surface area contributed by atoms with Crippen molar-refractivity contribution in [2.24, 2.45) is 0 Å². The second-order valence-corrected chi connectivity index (χ2v) is 10.2. The highest BCUT2D eigenvalue weighted by Crippen LogP contribution is 2.29. The highest BCUT2D eigenvalue weighted by Gasteiger charge is 2.28. The molecule has 0 aromatic carbocycles. The van der Waals surface area contributed by atoms with Crippen LogP contribution in [0.5, 0.6) is 0 Å². The van der Waals surface area contributed by atoms with E-state index in [0.29, 0.717) is 37.1 Å². The van der Waals surface area contributed by atoms with Crippen LogP contribution < -0.4 is 5.32 Å². The average molecular weight is 452 g/mol. The van der Waals surface area contributed by atoms with Crippen LogP contribution >= 0.6 is 0 Å². The van der Waals surface area contributed by atoms with E-state index in [1.54, 1.807) is 6.07 Å². The van der Waals surface area contributed by atoms with Gasteiger partial charge in [0.1, 0.15) is 6.26 Å². The van der Waals surface area contributed by atoms with E-state index in [1.807, 2.05) is 22.6 Å². The van der Waals surface area contributed by atoms with Crippen LogP contribution in [-0.4, -0.2) is 50.6 Å². The number of hydrogen-bond acceptors (Lipinski definition) is 5. The standard InChI is InChI=1S/C25H33N5O3/c1-15(2)20-13-19(21-16(3)28-30(22(21)27-20)25(4,5)6)23(31)26-18-7-10-29(11-8-18)24(32)17-9-12-33-14-17/h9,12-15,18H,7-8,10-11H2,1-6H3,(H,26,31). The lowest BCUT2D eigenvalue weighted by atomic mass is 10.0. The van der Waals surface area contributed by atoms with Crippen LogP contribution in [0, 0.1) is 6.92 Å². The van der Waals surface area contributed by atoms with Gasteiger partial charge >= 0.3 is 0 Å². The molecule has 4 heterocycles. The Kier molecular flexibility index (Phi) is 6.03. The highest BCUT2D eigenvalue weighted by molar-refractivity contribution is 6.06. The van der Waals surface area contributed by atoms with Crippen molar-refractivity contribution in [3.05, 3.63) is 47.2 Å². The predicted molar refractivity (Wildman–Crippen MR) is 126 cm³/mol. The summed E-state index contributed by atoms with van der Waals surface area (Å²) in [5, 5.41) is 8.74. The van der Waals surface area contributed by atoms with Crippen LogP contribution in [0.3, 0.4) is 0 Å². The number of hydrogen-bond donors (Lipinski definition) is 1. The minimum atomic E-state index is -0.253. The Morgan fingerprint density at radius 3 is 2.48 bits per heavy atom. The van der Waals surface area contributed by atoms with Gasteiger partial charge in [-0.3, -0.25) is 9.59 Å². The molecule has 1 N–H and O–H groups in total. The molecule has 33 heavy (non-hydrogen) atoms. The monoisotopic (exact) mass is 451 g/mol. The van der Waals surface area contributed by atoms with E-state index in [2.05, 4.69) is 39.9 Å². The summed E-state index contributed by atoms with van der Waals surface area (Å²) in [4.78, 5) is 32.7. The third-order valence-corrected chi connectivity index (χ3v) is 6.19. The number of pyridine rings is 1. The number of piperidine rings is 1. The molecule has 0 unspecified atom stereocenters. The van der Waals surface area contributed by atoms with Gasteiger partial charge < -0.3 is 14.6 Å². The van der Waals surface area contributed by atoms with Gasteiger partial charge in [-0.15, -0.1) is 0 Å². The smallest absolute Gasteiger partial charge is 0.257 e. The normalized spacial score (nSPS) is 15.4. The first kappa shape index (κ1) is 23.0. The Bertz CT molecular complexity index is 1160. The van der Waals surface area contributed by atoms with Gasteiger partial charge in [0.05, 0.1) is 34.0 Å². The molecule has 0 saturated carbocycles. The zero-order chi connectivity index (χ0) is 23.9. The number of nitrogens with one attached hydrogen (secondary N) is 1. The predicted octanol–water partition coefficient (Wildman–Crippen LogP) is 4.25. The molecule has 4 rings (SSSR count). The molecule has 1 saturated heterocycles. The van der Waals surface area contributed by atoms with Crippen molar-refractivity contribution >= 4 is 22.8 Å². The van der Waals surface area contributed by atoms with E-state index >= 15 is 0 Å². The van der Waals surface area contributed by atoms with E-state index in [1.165, 1.54) is 12.5 Å². The second-order valence-electron chi connectivity index (χ2n) is 10.2. The molecule has 1 aliphatic rings. The quantitative estimate of drug-likeness (QED) is 0.640. The summed E-state index contributed by atoms with van der Waals surface area (Å²) in [5.41, 5.74) is 3.35. The van der Waals surface area contributed by atoms with Crippen molar-refractivity contribution in [1.29, 1.82) is 0 Å². The van der Waals surface area contributed by atoms with Crippen molar-refractivity contribution < 1.29 is 14.0 Å². The van der Waals surface area contributed by atoms with Gasteiger partial charge in [0.15, 0.2) is 5.65 Å². The SMILES string of the molecule is Cc1nn(C(C)(C)C)c2nc(C(C)C)cc(C(=O)NC3CCN(C(=O)c4ccoc4)CC3)c12. The zero-order valence-electron chi connectivity index (χ0n) is 20.3. The van der Waals surface area contributed by atoms with Crippen molar-refractivity contribution in [2.45, 2.75) is 71.9 Å². The summed E-state index contributed by atoms with van der Waals surface area (Å²) in [5.74, 6) is 0.0402. The van der Waals surface area contributed by atoms with Gasteiger partial charge in [0.2, 0.25) is 0 Å². The van der Waals surface area contributed by atoms with Crippen molar-refractivity contribution in [3.8, 4) is 0 Å². The minimum Gasteiger partial charge on any atom is -0.472 e. The highest BCUT2D eigenvalue weighted by atomic mass is 16.3. The average Bonchev–Trinajstić information content (AvgIpc) is 3.41. The van der Waals surface area contributed by atoms with Gasteiger partial charge in [-0.2, -0.15) is 5.10 Å². The summed E-state index contributed by atoms with van der Waals surface area (Å²) >= 11 is 0. The molecule has 0 bridgehead atoms. The summed E-state index contributed by atoms with van der Waals surface area (Å²) < 4.78 is 6.94. The van der Waals surface area contributed by atoms with E-state index < -0.39 is 0 Å². The summed E-state index contributed by atoms with van der Waals surface area (Å²) in [6.07, 6.45) is 4.39. The molecule has 8 heteroatoms. The fraction of sp³-hybridized carbons (Fsp3) is 0.520. The topological polar surface area (TPSA) is 93.3 Å². The van der Waals surface area contributed by atoms with Crippen LogP contribution in [0.1, 0.15) is 85.5 Å². The Morgan fingerprint density at radius 1 is 1.21 bits per heavy atom. The van der Waals surface area contributed by atoms with E-state index in [9.17, 15) is 9.59 Å². The number of carbonyl (C=O) groups is 2. The molecule has 176 valence electrons. The van der Waals surface area contributed by atoms with E-state index in [4.69, 9.17) is 14.5 Å². The number of aryl methyl sites for hydroxylation is 1. The number of rotatable bonds is 4. The van der Waals surface area contributed by atoms with E-state index in [0.717, 1.165) is 22.4 Å². The maximum atomic E-state index is 13.4. The molecular formula is C25H33N5O3. The van der Waals surface area contributed by atoms with Gasteiger partial charge in [-0.1, -0.05) is 13.8 Å². The molecular weight excluding hydrogens is 418 g/mol. The van der Waals surface area contributed by atoms with E-state index in [-0.39, 0.29) is 29.3 Å². The van der Waals surface area contributed by atoms with Gasteiger partial charge in [0.25, 0.3) is 11.8 Å². The molecule has 1 aliphatic heterocycles. The zero-order valence-corrected chi connectivity index (χ0v) is 20.3. The molecule has 2 amide bonds. The molecule has 1 fully saturated rings. The molecule has 3 aromatic heterocycles. The molecule has 0 radical (unpaired) electrons. The summed E-state index contributed by atoms with van der Waals surface area (Å²) in [6.45, 7) is 13.5. The number of carbonyl (C=O) groups excluding carboxylic acids is 2. The fourth-order valence-corrected chi connectivity index (χ4v) is 4.31. The molecule has 0 atom stereocenters. The van der Waals surface area contributed by atoms with Gasteiger partial charge in [-0.25, -0.2) is 9.67 Å². The van der Waals surface area contributed by atoms with Crippen LogP contribution in [-0.2, 0) is 5.54 Å². The largest absolute Gasteiger partial charge is 0.472 e.